The number of hydrogen-bond donors (Lipinski definition) is 1. The zero-order chi connectivity index (χ0) is 15.1. The molecule has 1 aromatic heterocycles. The third-order valence-electron chi connectivity index (χ3n) is 3.76. The van der Waals surface area contributed by atoms with Crippen LogP contribution in [0.1, 0.15) is 55.1 Å². The van der Waals surface area contributed by atoms with Gasteiger partial charge in [0.25, 0.3) is 5.91 Å². The standard InChI is InChI=1S/C16H23ClN2O2/c1-2-13-10-12(11-15(17)19-13)16(20)18-8-9-21-14-6-4-3-5-7-14/h10-11,14H,2-9H2,1H3,(H,18,20). The largest absolute Gasteiger partial charge is 0.376 e. The summed E-state index contributed by atoms with van der Waals surface area (Å²) in [5.74, 6) is -0.124. The predicted molar refractivity (Wildman–Crippen MR) is 83.8 cm³/mol. The molecule has 0 aliphatic heterocycles. The second-order valence-corrected chi connectivity index (χ2v) is 5.80. The van der Waals surface area contributed by atoms with Crippen LogP contribution in [0, 0.1) is 0 Å². The van der Waals surface area contributed by atoms with Crippen LogP contribution in [-0.2, 0) is 11.2 Å². The Morgan fingerprint density at radius 3 is 2.86 bits per heavy atom. The molecule has 1 N–H and O–H groups in total. The molecule has 0 radical (unpaired) electrons. The molecule has 0 aromatic carbocycles. The van der Waals surface area contributed by atoms with E-state index in [0.29, 0.717) is 30.0 Å². The summed E-state index contributed by atoms with van der Waals surface area (Å²) >= 11 is 5.92. The second-order valence-electron chi connectivity index (χ2n) is 5.41. The van der Waals surface area contributed by atoms with Crippen LogP contribution < -0.4 is 5.32 Å². The molecule has 0 saturated heterocycles. The minimum absolute atomic E-state index is 0.124. The number of nitrogens with zero attached hydrogens (tertiary/aromatic N) is 1. The second kappa shape index (κ2) is 8.35. The maximum atomic E-state index is 12.1. The molecule has 1 amide bonds. The van der Waals surface area contributed by atoms with Gasteiger partial charge in [-0.1, -0.05) is 37.8 Å². The van der Waals surface area contributed by atoms with Gasteiger partial charge in [0.2, 0.25) is 0 Å². The normalized spacial score (nSPS) is 15.9. The van der Waals surface area contributed by atoms with Crippen LogP contribution in [-0.4, -0.2) is 30.1 Å². The van der Waals surface area contributed by atoms with Crippen LogP contribution in [0.5, 0.6) is 0 Å². The first-order valence-electron chi connectivity index (χ1n) is 7.75. The van der Waals surface area contributed by atoms with Gasteiger partial charge in [0.15, 0.2) is 0 Å². The molecule has 0 bridgehead atoms. The number of amides is 1. The smallest absolute Gasteiger partial charge is 0.251 e. The zero-order valence-electron chi connectivity index (χ0n) is 12.5. The van der Waals surface area contributed by atoms with Crippen molar-refractivity contribution >= 4 is 17.5 Å². The fourth-order valence-electron chi connectivity index (χ4n) is 2.59. The minimum Gasteiger partial charge on any atom is -0.376 e. The van der Waals surface area contributed by atoms with Crippen molar-refractivity contribution in [3.05, 3.63) is 28.5 Å². The molecule has 116 valence electrons. The lowest BCUT2D eigenvalue weighted by molar-refractivity contribution is 0.0299. The van der Waals surface area contributed by atoms with E-state index in [9.17, 15) is 4.79 Å². The van der Waals surface area contributed by atoms with Crippen molar-refractivity contribution in [2.24, 2.45) is 0 Å². The number of aryl methyl sites for hydroxylation is 1. The van der Waals surface area contributed by atoms with Gasteiger partial charge in [-0.3, -0.25) is 4.79 Å². The number of ether oxygens (including phenoxy) is 1. The molecule has 1 heterocycles. The van der Waals surface area contributed by atoms with E-state index in [1.54, 1.807) is 12.1 Å². The van der Waals surface area contributed by atoms with Gasteiger partial charge in [0.05, 0.1) is 12.7 Å². The predicted octanol–water partition coefficient (Wildman–Crippen LogP) is 3.38. The molecule has 0 unspecified atom stereocenters. The molecule has 1 aliphatic rings. The van der Waals surface area contributed by atoms with E-state index >= 15 is 0 Å². The molecule has 4 nitrogen and oxygen atoms in total. The Morgan fingerprint density at radius 1 is 1.38 bits per heavy atom. The van der Waals surface area contributed by atoms with Crippen LogP contribution >= 0.6 is 11.6 Å². The van der Waals surface area contributed by atoms with Gasteiger partial charge in [-0.2, -0.15) is 0 Å². The van der Waals surface area contributed by atoms with E-state index in [0.717, 1.165) is 25.0 Å². The van der Waals surface area contributed by atoms with Crippen LogP contribution in [0.15, 0.2) is 12.1 Å². The van der Waals surface area contributed by atoms with Crippen molar-refractivity contribution in [2.45, 2.75) is 51.6 Å². The lowest BCUT2D eigenvalue weighted by Crippen LogP contribution is -2.29. The first kappa shape index (κ1) is 16.2. The highest BCUT2D eigenvalue weighted by Crippen LogP contribution is 2.19. The Hall–Kier alpha value is -1.13. The SMILES string of the molecule is CCc1cc(C(=O)NCCOC2CCCCC2)cc(Cl)n1. The Bertz CT molecular complexity index is 473. The van der Waals surface area contributed by atoms with Gasteiger partial charge in [0.1, 0.15) is 5.15 Å². The lowest BCUT2D eigenvalue weighted by Gasteiger charge is -2.22. The van der Waals surface area contributed by atoms with Gasteiger partial charge in [0, 0.05) is 17.8 Å². The highest BCUT2D eigenvalue weighted by Gasteiger charge is 2.13. The van der Waals surface area contributed by atoms with Crippen molar-refractivity contribution in [1.29, 1.82) is 0 Å². The zero-order valence-corrected chi connectivity index (χ0v) is 13.3. The topological polar surface area (TPSA) is 51.2 Å². The summed E-state index contributed by atoms with van der Waals surface area (Å²) < 4.78 is 5.78. The van der Waals surface area contributed by atoms with Crippen LogP contribution in [0.2, 0.25) is 5.15 Å². The number of pyridine rings is 1. The van der Waals surface area contributed by atoms with Gasteiger partial charge in [-0.25, -0.2) is 4.98 Å². The number of nitrogens with one attached hydrogen (secondary N) is 1. The Balaban J connectivity index is 1.75. The Labute approximate surface area is 131 Å². The summed E-state index contributed by atoms with van der Waals surface area (Å²) in [5, 5.41) is 3.23. The lowest BCUT2D eigenvalue weighted by atomic mass is 9.98. The minimum atomic E-state index is -0.124. The van der Waals surface area contributed by atoms with E-state index < -0.39 is 0 Å². The first-order valence-corrected chi connectivity index (χ1v) is 8.13. The van der Waals surface area contributed by atoms with Crippen LogP contribution in [0.25, 0.3) is 0 Å². The van der Waals surface area contributed by atoms with Crippen molar-refractivity contribution in [1.82, 2.24) is 10.3 Å². The van der Waals surface area contributed by atoms with Crippen molar-refractivity contribution in [2.75, 3.05) is 13.2 Å². The average molecular weight is 311 g/mol. The molecule has 1 aromatic rings. The molecule has 0 spiro atoms. The van der Waals surface area contributed by atoms with Crippen molar-refractivity contribution in [3.8, 4) is 0 Å². The number of carbonyl (C=O) groups excluding carboxylic acids is 1. The number of hydrogen-bond acceptors (Lipinski definition) is 3. The molecule has 21 heavy (non-hydrogen) atoms. The highest BCUT2D eigenvalue weighted by molar-refractivity contribution is 6.29. The van der Waals surface area contributed by atoms with Crippen LogP contribution in [0.3, 0.4) is 0 Å². The average Bonchev–Trinajstić information content (AvgIpc) is 2.51. The fraction of sp³-hybridized carbons (Fsp3) is 0.625. The summed E-state index contributed by atoms with van der Waals surface area (Å²) in [6.45, 7) is 3.07. The molecule has 1 fully saturated rings. The van der Waals surface area contributed by atoms with Crippen molar-refractivity contribution < 1.29 is 9.53 Å². The molecule has 5 heteroatoms. The third kappa shape index (κ3) is 5.29. The molecule has 1 saturated carbocycles. The van der Waals surface area contributed by atoms with E-state index in [4.69, 9.17) is 16.3 Å². The van der Waals surface area contributed by atoms with Crippen molar-refractivity contribution in [3.63, 3.8) is 0 Å². The fourth-order valence-corrected chi connectivity index (χ4v) is 2.81. The quantitative estimate of drug-likeness (QED) is 0.647. The summed E-state index contributed by atoms with van der Waals surface area (Å²) in [6.07, 6.45) is 7.25. The Kier molecular flexibility index (Phi) is 6.46. The van der Waals surface area contributed by atoms with Gasteiger partial charge >= 0.3 is 0 Å². The van der Waals surface area contributed by atoms with Gasteiger partial charge in [-0.05, 0) is 31.4 Å². The van der Waals surface area contributed by atoms with Gasteiger partial charge < -0.3 is 10.1 Å². The Morgan fingerprint density at radius 2 is 2.14 bits per heavy atom. The number of rotatable bonds is 6. The number of aromatic nitrogens is 1. The van der Waals surface area contributed by atoms with E-state index in [1.165, 1.54) is 19.3 Å². The monoisotopic (exact) mass is 310 g/mol. The number of carbonyl (C=O) groups is 1. The van der Waals surface area contributed by atoms with E-state index in [-0.39, 0.29) is 5.91 Å². The summed E-state index contributed by atoms with van der Waals surface area (Å²) in [4.78, 5) is 16.2. The maximum Gasteiger partial charge on any atom is 0.251 e. The van der Waals surface area contributed by atoms with E-state index in [1.807, 2.05) is 6.92 Å². The number of halogens is 1. The maximum absolute atomic E-state index is 12.1. The summed E-state index contributed by atoms with van der Waals surface area (Å²) in [5.41, 5.74) is 1.38. The molecule has 0 atom stereocenters. The highest BCUT2D eigenvalue weighted by atomic mass is 35.5. The summed E-state index contributed by atoms with van der Waals surface area (Å²) in [7, 11) is 0. The first-order chi connectivity index (χ1) is 10.2. The third-order valence-corrected chi connectivity index (χ3v) is 3.96. The van der Waals surface area contributed by atoms with Gasteiger partial charge in [-0.15, -0.1) is 0 Å². The molecular formula is C16H23ClN2O2. The molecule has 2 rings (SSSR count). The van der Waals surface area contributed by atoms with E-state index in [2.05, 4.69) is 10.3 Å². The molecule has 1 aliphatic carbocycles. The van der Waals surface area contributed by atoms with Crippen LogP contribution in [0.4, 0.5) is 0 Å². The molecular weight excluding hydrogens is 288 g/mol. The summed E-state index contributed by atoms with van der Waals surface area (Å²) in [6, 6.07) is 3.38.